The molecule has 0 aliphatic carbocycles. The van der Waals surface area contributed by atoms with Crippen molar-refractivity contribution in [3.8, 4) is 0 Å². The topological polar surface area (TPSA) is 52.6 Å². The van der Waals surface area contributed by atoms with Crippen LogP contribution in [0.5, 0.6) is 0 Å². The Morgan fingerprint density at radius 1 is 1.30 bits per heavy atom. The van der Waals surface area contributed by atoms with E-state index in [1.807, 2.05) is 37.3 Å². The van der Waals surface area contributed by atoms with Crippen molar-refractivity contribution in [2.24, 2.45) is 0 Å². The van der Waals surface area contributed by atoms with Gasteiger partial charge in [0.1, 0.15) is 12.4 Å². The quantitative estimate of drug-likeness (QED) is 0.395. The molecule has 0 saturated carbocycles. The van der Waals surface area contributed by atoms with E-state index in [9.17, 15) is 9.59 Å². The first kappa shape index (κ1) is 16.3. The fourth-order valence-electron chi connectivity index (χ4n) is 1.68. The maximum Gasteiger partial charge on any atom is 0.184 e. The number of hydrogen-bond acceptors (Lipinski definition) is 4. The van der Waals surface area contributed by atoms with Gasteiger partial charge in [-0.2, -0.15) is 0 Å². The van der Waals surface area contributed by atoms with E-state index < -0.39 is 12.4 Å². The van der Waals surface area contributed by atoms with E-state index in [-0.39, 0.29) is 12.2 Å². The molecule has 0 aliphatic heterocycles. The summed E-state index contributed by atoms with van der Waals surface area (Å²) in [7, 11) is 0. The molecule has 2 atom stereocenters. The van der Waals surface area contributed by atoms with Gasteiger partial charge < -0.3 is 14.3 Å². The van der Waals surface area contributed by atoms with E-state index in [2.05, 4.69) is 0 Å². The Kier molecular flexibility index (Phi) is 7.47. The van der Waals surface area contributed by atoms with E-state index in [1.54, 1.807) is 13.0 Å². The molecule has 1 unspecified atom stereocenters. The predicted octanol–water partition coefficient (Wildman–Crippen LogP) is 2.63. The molecule has 0 aliphatic rings. The number of carbonyl (C=O) groups is 2. The average Bonchev–Trinajstić information content (AvgIpc) is 2.45. The van der Waals surface area contributed by atoms with E-state index >= 15 is 0 Å². The number of ketones is 1. The molecule has 0 aromatic heterocycles. The Balaban J connectivity index is 2.64. The fourth-order valence-corrected chi connectivity index (χ4v) is 1.68. The Hall–Kier alpha value is -1.78. The molecule has 0 saturated heterocycles. The summed E-state index contributed by atoms with van der Waals surface area (Å²) in [6.07, 6.45) is 2.53. The maximum absolute atomic E-state index is 12.0. The van der Waals surface area contributed by atoms with Crippen molar-refractivity contribution in [3.63, 3.8) is 0 Å². The summed E-state index contributed by atoms with van der Waals surface area (Å²) in [4.78, 5) is 22.7. The van der Waals surface area contributed by atoms with Crippen LogP contribution in [0.3, 0.4) is 0 Å². The largest absolute Gasteiger partial charge is 0.353 e. The van der Waals surface area contributed by atoms with Crippen LogP contribution in [0.25, 0.3) is 6.08 Å². The lowest BCUT2D eigenvalue weighted by molar-refractivity contribution is -0.168. The molecule has 0 radical (unpaired) electrons. The normalized spacial score (nSPS) is 14.1. The molecular formula is C16H20O4. The Bertz CT molecular complexity index is 439. The van der Waals surface area contributed by atoms with Crippen LogP contribution in [0.15, 0.2) is 36.4 Å². The van der Waals surface area contributed by atoms with Gasteiger partial charge >= 0.3 is 0 Å². The smallest absolute Gasteiger partial charge is 0.184 e. The lowest BCUT2D eigenvalue weighted by Gasteiger charge is -2.18. The third kappa shape index (κ3) is 5.91. The highest BCUT2D eigenvalue weighted by atomic mass is 16.7. The Morgan fingerprint density at radius 2 is 2.00 bits per heavy atom. The molecule has 0 heterocycles. The van der Waals surface area contributed by atoms with E-state index in [4.69, 9.17) is 9.47 Å². The summed E-state index contributed by atoms with van der Waals surface area (Å²) >= 11 is 0. The molecule has 108 valence electrons. The minimum absolute atomic E-state index is 0.0232. The van der Waals surface area contributed by atoms with Crippen LogP contribution in [0.4, 0.5) is 0 Å². The number of hydrogen-bond donors (Lipinski definition) is 0. The van der Waals surface area contributed by atoms with Crippen molar-refractivity contribution >= 4 is 18.1 Å². The van der Waals surface area contributed by atoms with E-state index in [0.29, 0.717) is 12.9 Å². The molecule has 0 fully saturated rings. The van der Waals surface area contributed by atoms with Gasteiger partial charge in [0.25, 0.3) is 0 Å². The van der Waals surface area contributed by atoms with Crippen LogP contribution in [-0.2, 0) is 19.1 Å². The second kappa shape index (κ2) is 9.18. The zero-order chi connectivity index (χ0) is 14.8. The molecule has 1 aromatic rings. The average molecular weight is 276 g/mol. The molecule has 4 heteroatoms. The van der Waals surface area contributed by atoms with Crippen LogP contribution in [-0.4, -0.2) is 31.1 Å². The second-order valence-corrected chi connectivity index (χ2v) is 4.20. The standard InChI is InChI=1S/C16H20O4/c1-3-19-13(2)20-16(11-12-17)15(18)10-9-14-7-5-4-6-8-14/h4-10,12-13,16H,3,11H2,1-2H3/b10-9+/t13?,16-/m0/s1. The van der Waals surface area contributed by atoms with Gasteiger partial charge in [0.2, 0.25) is 0 Å². The van der Waals surface area contributed by atoms with Crippen LogP contribution in [0, 0.1) is 0 Å². The van der Waals surface area contributed by atoms with Crippen molar-refractivity contribution in [1.82, 2.24) is 0 Å². The lowest BCUT2D eigenvalue weighted by Crippen LogP contribution is -2.29. The lowest BCUT2D eigenvalue weighted by atomic mass is 10.1. The summed E-state index contributed by atoms with van der Waals surface area (Å²) in [5, 5.41) is 0. The van der Waals surface area contributed by atoms with Gasteiger partial charge in [0.15, 0.2) is 12.1 Å². The van der Waals surface area contributed by atoms with Crippen molar-refractivity contribution in [2.75, 3.05) is 6.61 Å². The number of carbonyl (C=O) groups excluding carboxylic acids is 2. The first-order valence-electron chi connectivity index (χ1n) is 6.65. The molecule has 1 rings (SSSR count). The van der Waals surface area contributed by atoms with Crippen molar-refractivity contribution in [3.05, 3.63) is 42.0 Å². The number of rotatable bonds is 9. The van der Waals surface area contributed by atoms with Gasteiger partial charge in [0.05, 0.1) is 0 Å². The van der Waals surface area contributed by atoms with Crippen LogP contribution in [0.1, 0.15) is 25.8 Å². The van der Waals surface area contributed by atoms with Gasteiger partial charge in [-0.15, -0.1) is 0 Å². The first-order valence-corrected chi connectivity index (χ1v) is 6.65. The minimum atomic E-state index is -0.797. The SMILES string of the molecule is CCOC(C)O[C@@H](CC=O)C(=O)/C=C/c1ccccc1. The predicted molar refractivity (Wildman–Crippen MR) is 77.1 cm³/mol. The molecule has 0 spiro atoms. The van der Waals surface area contributed by atoms with Crippen molar-refractivity contribution in [1.29, 1.82) is 0 Å². The number of benzene rings is 1. The van der Waals surface area contributed by atoms with E-state index in [0.717, 1.165) is 5.56 Å². The molecule has 0 bridgehead atoms. The third-order valence-electron chi connectivity index (χ3n) is 2.62. The molecule has 0 amide bonds. The molecule has 4 nitrogen and oxygen atoms in total. The van der Waals surface area contributed by atoms with Gasteiger partial charge in [-0.25, -0.2) is 0 Å². The zero-order valence-electron chi connectivity index (χ0n) is 11.8. The monoisotopic (exact) mass is 276 g/mol. The minimum Gasteiger partial charge on any atom is -0.353 e. The highest BCUT2D eigenvalue weighted by molar-refractivity contribution is 5.98. The molecule has 1 aromatic carbocycles. The Labute approximate surface area is 119 Å². The summed E-state index contributed by atoms with van der Waals surface area (Å²) < 4.78 is 10.6. The van der Waals surface area contributed by atoms with Crippen molar-refractivity contribution < 1.29 is 19.1 Å². The summed E-state index contributed by atoms with van der Waals surface area (Å²) in [6.45, 7) is 4.03. The number of aldehydes is 1. The molecule has 20 heavy (non-hydrogen) atoms. The number of ether oxygens (including phenoxy) is 2. The second-order valence-electron chi connectivity index (χ2n) is 4.20. The first-order chi connectivity index (χ1) is 9.67. The van der Waals surface area contributed by atoms with E-state index in [1.165, 1.54) is 6.08 Å². The summed E-state index contributed by atoms with van der Waals surface area (Å²) in [5.41, 5.74) is 0.920. The van der Waals surface area contributed by atoms with Gasteiger partial charge in [-0.1, -0.05) is 36.4 Å². The maximum atomic E-state index is 12.0. The molecular weight excluding hydrogens is 256 g/mol. The summed E-state index contributed by atoms with van der Waals surface area (Å²) in [6, 6.07) is 9.47. The van der Waals surface area contributed by atoms with Gasteiger partial charge in [0, 0.05) is 13.0 Å². The zero-order valence-corrected chi connectivity index (χ0v) is 11.8. The highest BCUT2D eigenvalue weighted by Crippen LogP contribution is 2.08. The fraction of sp³-hybridized carbons (Fsp3) is 0.375. The Morgan fingerprint density at radius 3 is 2.60 bits per heavy atom. The van der Waals surface area contributed by atoms with Gasteiger partial charge in [-0.05, 0) is 25.5 Å². The highest BCUT2D eigenvalue weighted by Gasteiger charge is 2.19. The van der Waals surface area contributed by atoms with Crippen LogP contribution >= 0.6 is 0 Å². The van der Waals surface area contributed by atoms with Crippen molar-refractivity contribution in [2.45, 2.75) is 32.7 Å². The summed E-state index contributed by atoms with van der Waals surface area (Å²) in [5.74, 6) is -0.243. The van der Waals surface area contributed by atoms with Gasteiger partial charge in [-0.3, -0.25) is 4.79 Å². The van der Waals surface area contributed by atoms with Crippen LogP contribution < -0.4 is 0 Å². The van der Waals surface area contributed by atoms with Crippen LogP contribution in [0.2, 0.25) is 0 Å². The third-order valence-corrected chi connectivity index (χ3v) is 2.62. The molecule has 0 N–H and O–H groups in total.